The molecule has 0 fully saturated rings. The van der Waals surface area contributed by atoms with Crippen molar-refractivity contribution in [2.45, 2.75) is 13.1 Å². The topological polar surface area (TPSA) is 64.0 Å². The van der Waals surface area contributed by atoms with E-state index in [2.05, 4.69) is 10.4 Å². The Kier molecular flexibility index (Phi) is 5.67. The lowest BCUT2D eigenvalue weighted by molar-refractivity contribution is -0.141. The van der Waals surface area contributed by atoms with Gasteiger partial charge < -0.3 is 5.32 Å². The first-order valence-electron chi connectivity index (χ1n) is 9.46. The SMILES string of the molecule is CC(=O)c1ccc(NC(=O)c2ccc(-n3nc(C(F)(F)F)cc3-c3cccs3)cc2)cc1. The number of hydrogen-bond acceptors (Lipinski definition) is 4. The molecule has 0 radical (unpaired) electrons. The summed E-state index contributed by atoms with van der Waals surface area (Å²) in [4.78, 5) is 24.5. The third kappa shape index (κ3) is 4.47. The van der Waals surface area contributed by atoms with E-state index in [0.29, 0.717) is 33.1 Å². The van der Waals surface area contributed by atoms with Gasteiger partial charge in [-0.25, -0.2) is 4.68 Å². The third-order valence-corrected chi connectivity index (χ3v) is 5.59. The lowest BCUT2D eigenvalue weighted by atomic mass is 10.1. The second kappa shape index (κ2) is 8.43. The predicted molar refractivity (Wildman–Crippen MR) is 116 cm³/mol. The highest BCUT2D eigenvalue weighted by atomic mass is 32.1. The number of carbonyl (C=O) groups excluding carboxylic acids is 2. The summed E-state index contributed by atoms with van der Waals surface area (Å²) in [6, 6.07) is 17.1. The zero-order valence-corrected chi connectivity index (χ0v) is 17.5. The fourth-order valence-corrected chi connectivity index (χ4v) is 3.79. The molecule has 0 aliphatic rings. The van der Waals surface area contributed by atoms with E-state index in [1.807, 2.05) is 0 Å². The molecule has 5 nitrogen and oxygen atoms in total. The summed E-state index contributed by atoms with van der Waals surface area (Å²) in [5.41, 5.74) is 1.10. The summed E-state index contributed by atoms with van der Waals surface area (Å²) in [5.74, 6) is -0.463. The number of rotatable bonds is 5. The predicted octanol–water partition coefficient (Wildman–Crippen LogP) is 6.07. The Morgan fingerprint density at radius 1 is 0.969 bits per heavy atom. The number of Topliss-reactive ketones (excluding diaryl/α,β-unsaturated/α-hetero) is 1. The molecular weight excluding hydrogens is 439 g/mol. The summed E-state index contributed by atoms with van der Waals surface area (Å²) in [5, 5.41) is 8.24. The molecule has 1 N–H and O–H groups in total. The number of amides is 1. The van der Waals surface area contributed by atoms with Crippen molar-refractivity contribution in [3.8, 4) is 16.3 Å². The van der Waals surface area contributed by atoms with Gasteiger partial charge in [0.1, 0.15) is 0 Å². The molecular formula is C23H16F3N3O2S. The van der Waals surface area contributed by atoms with E-state index in [1.54, 1.807) is 41.8 Å². The number of carbonyl (C=O) groups is 2. The molecule has 2 aromatic heterocycles. The van der Waals surface area contributed by atoms with Gasteiger partial charge in [0.05, 0.1) is 16.3 Å². The zero-order valence-electron chi connectivity index (χ0n) is 16.7. The first-order chi connectivity index (χ1) is 15.2. The van der Waals surface area contributed by atoms with E-state index in [4.69, 9.17) is 0 Å². The van der Waals surface area contributed by atoms with E-state index in [1.165, 1.54) is 47.2 Å². The minimum Gasteiger partial charge on any atom is -0.322 e. The van der Waals surface area contributed by atoms with Crippen LogP contribution in [-0.2, 0) is 6.18 Å². The van der Waals surface area contributed by atoms with Crippen LogP contribution in [0.2, 0.25) is 0 Å². The molecule has 2 aromatic carbocycles. The van der Waals surface area contributed by atoms with Crippen LogP contribution in [0.1, 0.15) is 33.3 Å². The summed E-state index contributed by atoms with van der Waals surface area (Å²) in [6.45, 7) is 1.45. The van der Waals surface area contributed by atoms with Crippen LogP contribution in [0.3, 0.4) is 0 Å². The number of aromatic nitrogens is 2. The molecule has 0 bridgehead atoms. The van der Waals surface area contributed by atoms with Crippen molar-refractivity contribution in [3.05, 3.63) is 88.9 Å². The molecule has 4 aromatic rings. The van der Waals surface area contributed by atoms with Crippen molar-refractivity contribution in [3.63, 3.8) is 0 Å². The Morgan fingerprint density at radius 3 is 2.19 bits per heavy atom. The van der Waals surface area contributed by atoms with Gasteiger partial charge in [-0.15, -0.1) is 11.3 Å². The molecule has 0 aliphatic carbocycles. The number of ketones is 1. The summed E-state index contributed by atoms with van der Waals surface area (Å²) >= 11 is 1.31. The minimum absolute atomic E-state index is 0.0762. The molecule has 0 saturated heterocycles. The van der Waals surface area contributed by atoms with Crippen LogP contribution in [0, 0.1) is 0 Å². The van der Waals surface area contributed by atoms with Crippen LogP contribution in [0.25, 0.3) is 16.3 Å². The summed E-state index contributed by atoms with van der Waals surface area (Å²) < 4.78 is 40.9. The van der Waals surface area contributed by atoms with Gasteiger partial charge in [-0.3, -0.25) is 9.59 Å². The number of hydrogen-bond donors (Lipinski definition) is 1. The molecule has 0 atom stereocenters. The van der Waals surface area contributed by atoms with Crippen molar-refractivity contribution >= 4 is 28.7 Å². The number of thiophene rings is 1. The van der Waals surface area contributed by atoms with Crippen molar-refractivity contribution in [1.82, 2.24) is 9.78 Å². The Bertz CT molecular complexity index is 1260. The highest BCUT2D eigenvalue weighted by molar-refractivity contribution is 7.13. The highest BCUT2D eigenvalue weighted by Crippen LogP contribution is 2.34. The first kappa shape index (κ1) is 21.5. The molecule has 1 amide bonds. The Hall–Kier alpha value is -3.72. The van der Waals surface area contributed by atoms with Gasteiger partial charge in [-0.1, -0.05) is 6.07 Å². The Balaban J connectivity index is 1.59. The number of benzene rings is 2. The maximum atomic E-state index is 13.2. The van der Waals surface area contributed by atoms with Crippen LogP contribution in [0.4, 0.5) is 18.9 Å². The van der Waals surface area contributed by atoms with Gasteiger partial charge in [-0.05, 0) is 73.0 Å². The molecule has 162 valence electrons. The van der Waals surface area contributed by atoms with E-state index in [-0.39, 0.29) is 11.7 Å². The van der Waals surface area contributed by atoms with Crippen molar-refractivity contribution in [2.24, 2.45) is 0 Å². The Labute approximate surface area is 185 Å². The number of nitrogens with one attached hydrogen (secondary N) is 1. The van der Waals surface area contributed by atoms with Crippen LogP contribution in [0.15, 0.2) is 72.1 Å². The number of halogens is 3. The van der Waals surface area contributed by atoms with E-state index >= 15 is 0 Å². The summed E-state index contributed by atoms with van der Waals surface area (Å²) in [7, 11) is 0. The monoisotopic (exact) mass is 455 g/mol. The lowest BCUT2D eigenvalue weighted by Gasteiger charge is -2.09. The molecule has 4 rings (SSSR count). The van der Waals surface area contributed by atoms with Crippen molar-refractivity contribution < 1.29 is 22.8 Å². The molecule has 0 spiro atoms. The molecule has 32 heavy (non-hydrogen) atoms. The van der Waals surface area contributed by atoms with Crippen molar-refractivity contribution in [2.75, 3.05) is 5.32 Å². The fraction of sp³-hybridized carbons (Fsp3) is 0.0870. The summed E-state index contributed by atoms with van der Waals surface area (Å²) in [6.07, 6.45) is -4.57. The number of alkyl halides is 3. The fourth-order valence-electron chi connectivity index (χ4n) is 3.06. The van der Waals surface area contributed by atoms with Crippen LogP contribution in [-0.4, -0.2) is 21.5 Å². The number of anilines is 1. The standard InChI is InChI=1S/C23H16F3N3O2S/c1-14(30)15-4-8-17(9-5-15)27-22(31)16-6-10-18(11-7-16)29-19(20-3-2-12-32-20)13-21(28-29)23(24,25)26/h2-13H,1H3,(H,27,31). The molecule has 0 unspecified atom stereocenters. The van der Waals surface area contributed by atoms with Gasteiger partial charge in [0.15, 0.2) is 11.5 Å². The third-order valence-electron chi connectivity index (χ3n) is 4.70. The second-order valence-electron chi connectivity index (χ2n) is 6.94. The normalized spacial score (nSPS) is 11.4. The van der Waals surface area contributed by atoms with Gasteiger partial charge in [-0.2, -0.15) is 18.3 Å². The highest BCUT2D eigenvalue weighted by Gasteiger charge is 2.35. The molecule has 0 saturated carbocycles. The molecule has 9 heteroatoms. The van der Waals surface area contributed by atoms with Crippen molar-refractivity contribution in [1.29, 1.82) is 0 Å². The number of nitrogens with zero attached hydrogens (tertiary/aromatic N) is 2. The quantitative estimate of drug-likeness (QED) is 0.371. The lowest BCUT2D eigenvalue weighted by Crippen LogP contribution is -2.12. The van der Waals surface area contributed by atoms with Crippen LogP contribution >= 0.6 is 11.3 Å². The van der Waals surface area contributed by atoms with Crippen LogP contribution in [0.5, 0.6) is 0 Å². The largest absolute Gasteiger partial charge is 0.435 e. The average molecular weight is 455 g/mol. The van der Waals surface area contributed by atoms with E-state index < -0.39 is 11.9 Å². The van der Waals surface area contributed by atoms with Crippen LogP contribution < -0.4 is 5.32 Å². The molecule has 0 aliphatic heterocycles. The van der Waals surface area contributed by atoms with Gasteiger partial charge >= 0.3 is 6.18 Å². The van der Waals surface area contributed by atoms with E-state index in [0.717, 1.165) is 6.07 Å². The average Bonchev–Trinajstić information content (AvgIpc) is 3.44. The maximum absolute atomic E-state index is 13.2. The second-order valence-corrected chi connectivity index (χ2v) is 7.88. The van der Waals surface area contributed by atoms with E-state index in [9.17, 15) is 22.8 Å². The Morgan fingerprint density at radius 2 is 1.62 bits per heavy atom. The first-order valence-corrected chi connectivity index (χ1v) is 10.3. The maximum Gasteiger partial charge on any atom is 0.435 e. The molecule has 2 heterocycles. The van der Waals surface area contributed by atoms with Gasteiger partial charge in [0.25, 0.3) is 5.91 Å². The zero-order chi connectivity index (χ0) is 22.9. The van der Waals surface area contributed by atoms with Gasteiger partial charge in [0.2, 0.25) is 0 Å². The smallest absolute Gasteiger partial charge is 0.322 e. The van der Waals surface area contributed by atoms with Gasteiger partial charge in [0, 0.05) is 16.8 Å². The minimum atomic E-state index is -4.57.